The van der Waals surface area contributed by atoms with Crippen LogP contribution in [0.25, 0.3) is 0 Å². The van der Waals surface area contributed by atoms with Gasteiger partial charge in [-0.25, -0.2) is 4.79 Å². The Bertz CT molecular complexity index is 207. The van der Waals surface area contributed by atoms with Gasteiger partial charge in [0.1, 0.15) is 6.61 Å². The van der Waals surface area contributed by atoms with E-state index in [4.69, 9.17) is 5.11 Å². The Morgan fingerprint density at radius 1 is 0.941 bits per heavy atom. The predicted molar refractivity (Wildman–Crippen MR) is 66.5 cm³/mol. The molecule has 0 fully saturated rings. The van der Waals surface area contributed by atoms with E-state index in [1.807, 2.05) is 0 Å². The van der Waals surface area contributed by atoms with E-state index in [9.17, 15) is 9.59 Å². The smallest absolute Gasteiger partial charge is 0.339 e. The summed E-state index contributed by atoms with van der Waals surface area (Å²) in [6.07, 6.45) is 8.10. The third kappa shape index (κ3) is 14.0. The van der Waals surface area contributed by atoms with E-state index < -0.39 is 18.5 Å². The Hall–Kier alpha value is 0.1000. The van der Waals surface area contributed by atoms with Gasteiger partial charge in [-0.05, 0) is 6.42 Å². The number of rotatable bonds is 9. The van der Waals surface area contributed by atoms with E-state index in [0.29, 0.717) is 0 Å². The van der Waals surface area contributed by atoms with Gasteiger partial charge in [-0.3, -0.25) is 4.79 Å². The molecule has 0 aliphatic heterocycles. The summed E-state index contributed by atoms with van der Waals surface area (Å²) in [5.41, 5.74) is 0. The number of aliphatic hydroxyl groups excluding tert-OH is 1. The molecule has 0 heterocycles. The van der Waals surface area contributed by atoms with Crippen LogP contribution in [0.2, 0.25) is 0 Å². The van der Waals surface area contributed by atoms with Crippen molar-refractivity contribution in [3.8, 4) is 0 Å². The summed E-state index contributed by atoms with van der Waals surface area (Å²) in [5, 5.41) is 8.35. The summed E-state index contributed by atoms with van der Waals surface area (Å²) < 4.78 is 4.32. The van der Waals surface area contributed by atoms with Gasteiger partial charge in [0.15, 0.2) is 0 Å². The van der Waals surface area contributed by atoms with Crippen LogP contribution in [-0.4, -0.2) is 53.2 Å². The van der Waals surface area contributed by atoms with E-state index in [2.05, 4.69) is 11.7 Å². The Morgan fingerprint density at radius 2 is 1.47 bits per heavy atom. The maximum atomic E-state index is 11.0. The second-order valence-corrected chi connectivity index (χ2v) is 3.88. The SMILES string of the molecule is CCCCCCCCCC(=O)OC(=O)CO.[Na]. The molecule has 0 aliphatic rings. The Kier molecular flexibility index (Phi) is 16.2. The number of aliphatic hydroxyl groups is 1. The minimum Gasteiger partial charge on any atom is -0.391 e. The summed E-state index contributed by atoms with van der Waals surface area (Å²) in [6.45, 7) is 1.44. The first kappa shape index (κ1) is 19.4. The second kappa shape index (κ2) is 14.2. The van der Waals surface area contributed by atoms with Crippen LogP contribution in [0.4, 0.5) is 0 Å². The molecular weight excluding hydrogens is 231 g/mol. The van der Waals surface area contributed by atoms with Gasteiger partial charge in [0, 0.05) is 36.0 Å². The van der Waals surface area contributed by atoms with Gasteiger partial charge in [-0.15, -0.1) is 0 Å². The van der Waals surface area contributed by atoms with Crippen molar-refractivity contribution in [2.45, 2.75) is 58.3 Å². The summed E-state index contributed by atoms with van der Waals surface area (Å²) >= 11 is 0. The number of esters is 2. The molecule has 5 heteroatoms. The molecule has 4 nitrogen and oxygen atoms in total. The number of ether oxygens (including phenoxy) is 1. The second-order valence-electron chi connectivity index (χ2n) is 3.88. The van der Waals surface area contributed by atoms with E-state index in [0.717, 1.165) is 19.3 Å². The number of unbranched alkanes of at least 4 members (excludes halogenated alkanes) is 6. The Balaban J connectivity index is 0. The van der Waals surface area contributed by atoms with Crippen LogP contribution in [-0.2, 0) is 14.3 Å². The van der Waals surface area contributed by atoms with Crippen LogP contribution >= 0.6 is 0 Å². The van der Waals surface area contributed by atoms with Gasteiger partial charge in [0.05, 0.1) is 0 Å². The number of hydrogen-bond acceptors (Lipinski definition) is 4. The predicted octanol–water partition coefficient (Wildman–Crippen LogP) is 1.81. The molecule has 1 N–H and O–H groups in total. The first-order valence-corrected chi connectivity index (χ1v) is 6.05. The molecule has 0 unspecified atom stereocenters. The fraction of sp³-hybridized carbons (Fsp3) is 0.833. The normalized spacial score (nSPS) is 9.53. The fourth-order valence-corrected chi connectivity index (χ4v) is 1.44. The zero-order valence-corrected chi connectivity index (χ0v) is 13.0. The average Bonchev–Trinajstić information content (AvgIpc) is 2.27. The van der Waals surface area contributed by atoms with Crippen molar-refractivity contribution in [2.24, 2.45) is 0 Å². The van der Waals surface area contributed by atoms with Crippen molar-refractivity contribution < 1.29 is 19.4 Å². The molecule has 0 saturated heterocycles. The molecule has 95 valence electrons. The molecule has 17 heavy (non-hydrogen) atoms. The van der Waals surface area contributed by atoms with E-state index in [1.54, 1.807) is 0 Å². The molecule has 0 aromatic heterocycles. The van der Waals surface area contributed by atoms with E-state index in [-0.39, 0.29) is 36.0 Å². The Labute approximate surface area is 125 Å². The first-order valence-electron chi connectivity index (χ1n) is 6.05. The van der Waals surface area contributed by atoms with Gasteiger partial charge >= 0.3 is 11.9 Å². The minimum atomic E-state index is -0.868. The molecule has 0 bridgehead atoms. The summed E-state index contributed by atoms with van der Waals surface area (Å²) in [7, 11) is 0. The standard InChI is InChI=1S/C12H22O4.Na/c1-2-3-4-5-6-7-8-9-11(14)16-12(15)10-13;/h13H,2-10H2,1H3;. The molecule has 0 aromatic rings. The first-order chi connectivity index (χ1) is 7.70. The maximum Gasteiger partial charge on any atom is 0.339 e. The van der Waals surface area contributed by atoms with E-state index in [1.165, 1.54) is 25.7 Å². The number of carbonyl (C=O) groups excluding carboxylic acids is 2. The van der Waals surface area contributed by atoms with Crippen LogP contribution in [0.5, 0.6) is 0 Å². The summed E-state index contributed by atoms with van der Waals surface area (Å²) in [4.78, 5) is 21.5. The zero-order valence-electron chi connectivity index (χ0n) is 11.0. The van der Waals surface area contributed by atoms with Crippen LogP contribution in [0.15, 0.2) is 0 Å². The third-order valence-electron chi connectivity index (χ3n) is 2.34. The molecule has 0 amide bonds. The van der Waals surface area contributed by atoms with Gasteiger partial charge in [-0.2, -0.15) is 0 Å². The molecular formula is C12H22NaO4. The quantitative estimate of drug-likeness (QED) is 0.294. The molecule has 0 atom stereocenters. The molecule has 0 rings (SSSR count). The molecule has 1 radical (unpaired) electrons. The van der Waals surface area contributed by atoms with Crippen molar-refractivity contribution in [3.05, 3.63) is 0 Å². The van der Waals surface area contributed by atoms with E-state index >= 15 is 0 Å². The number of carbonyl (C=O) groups is 2. The van der Waals surface area contributed by atoms with Gasteiger partial charge in [0.25, 0.3) is 0 Å². The molecule has 0 aliphatic carbocycles. The zero-order chi connectivity index (χ0) is 12.2. The van der Waals surface area contributed by atoms with Crippen molar-refractivity contribution in [1.29, 1.82) is 0 Å². The summed E-state index contributed by atoms with van der Waals surface area (Å²) in [6, 6.07) is 0. The van der Waals surface area contributed by atoms with Crippen molar-refractivity contribution >= 4 is 41.5 Å². The third-order valence-corrected chi connectivity index (χ3v) is 2.34. The molecule has 0 spiro atoms. The van der Waals surface area contributed by atoms with Gasteiger partial charge in [0.2, 0.25) is 0 Å². The van der Waals surface area contributed by atoms with Crippen molar-refractivity contribution in [1.82, 2.24) is 0 Å². The van der Waals surface area contributed by atoms with Crippen LogP contribution < -0.4 is 0 Å². The monoisotopic (exact) mass is 253 g/mol. The Morgan fingerprint density at radius 3 is 2.00 bits per heavy atom. The van der Waals surface area contributed by atoms with Gasteiger partial charge in [-0.1, -0.05) is 45.4 Å². The topological polar surface area (TPSA) is 63.6 Å². The van der Waals surface area contributed by atoms with Gasteiger partial charge < -0.3 is 9.84 Å². The van der Waals surface area contributed by atoms with Crippen LogP contribution in [0.1, 0.15) is 58.3 Å². The van der Waals surface area contributed by atoms with Crippen molar-refractivity contribution in [2.75, 3.05) is 6.61 Å². The number of hydrogen-bond donors (Lipinski definition) is 1. The maximum absolute atomic E-state index is 11.0. The largest absolute Gasteiger partial charge is 0.391 e. The van der Waals surface area contributed by atoms with Crippen LogP contribution in [0, 0.1) is 0 Å². The average molecular weight is 253 g/mol. The molecule has 0 aromatic carbocycles. The molecule has 0 saturated carbocycles. The summed E-state index contributed by atoms with van der Waals surface area (Å²) in [5.74, 6) is -1.40. The van der Waals surface area contributed by atoms with Crippen molar-refractivity contribution in [3.63, 3.8) is 0 Å². The minimum absolute atomic E-state index is 0. The van der Waals surface area contributed by atoms with Crippen LogP contribution in [0.3, 0.4) is 0 Å². The fourth-order valence-electron chi connectivity index (χ4n) is 1.44.